The van der Waals surface area contributed by atoms with E-state index in [-0.39, 0.29) is 0 Å². The van der Waals surface area contributed by atoms with Crippen molar-refractivity contribution in [2.45, 2.75) is 20.4 Å². The van der Waals surface area contributed by atoms with E-state index >= 15 is 0 Å². The molecule has 0 aliphatic carbocycles. The number of nitrogens with one attached hydrogen (secondary N) is 1. The predicted molar refractivity (Wildman–Crippen MR) is 65.9 cm³/mol. The molecule has 0 spiro atoms. The fourth-order valence-corrected chi connectivity index (χ4v) is 1.21. The van der Waals surface area contributed by atoms with Crippen molar-refractivity contribution in [1.29, 1.82) is 0 Å². The van der Waals surface area contributed by atoms with E-state index in [1.165, 1.54) is 0 Å². The lowest BCUT2D eigenvalue weighted by Gasteiger charge is -2.08. The van der Waals surface area contributed by atoms with Gasteiger partial charge in [-0.3, -0.25) is 4.98 Å². The number of hydrogen-bond acceptors (Lipinski definition) is 5. The highest BCUT2D eigenvalue weighted by atomic mass is 16.5. The van der Waals surface area contributed by atoms with Gasteiger partial charge in [-0.2, -0.15) is 0 Å². The van der Waals surface area contributed by atoms with Crippen LogP contribution in [0.4, 0.5) is 0 Å². The molecule has 5 nitrogen and oxygen atoms in total. The summed E-state index contributed by atoms with van der Waals surface area (Å²) in [6.45, 7) is 6.80. The predicted octanol–water partition coefficient (Wildman–Crippen LogP) is 1.25. The highest BCUT2D eigenvalue weighted by molar-refractivity contribution is 5.06. The second kappa shape index (κ2) is 7.97. The van der Waals surface area contributed by atoms with Crippen molar-refractivity contribution < 1.29 is 9.47 Å². The Labute approximate surface area is 103 Å². The summed E-state index contributed by atoms with van der Waals surface area (Å²) in [5.41, 5.74) is 0.899. The molecule has 0 unspecified atom stereocenters. The molecule has 0 fully saturated rings. The van der Waals surface area contributed by atoms with E-state index < -0.39 is 0 Å². The molecule has 0 radical (unpaired) electrons. The maximum atomic E-state index is 5.40. The molecule has 0 aliphatic heterocycles. The summed E-state index contributed by atoms with van der Waals surface area (Å²) in [6, 6.07) is 0. The van der Waals surface area contributed by atoms with Crippen molar-refractivity contribution in [2.75, 3.05) is 26.9 Å². The number of hydrogen-bond donors (Lipinski definition) is 1. The van der Waals surface area contributed by atoms with Crippen molar-refractivity contribution in [2.24, 2.45) is 5.92 Å². The van der Waals surface area contributed by atoms with Gasteiger partial charge in [0.1, 0.15) is 6.61 Å². The second-order valence-electron chi connectivity index (χ2n) is 4.19. The minimum Gasteiger partial charge on any atom is -0.474 e. The molecule has 1 aromatic rings. The Bertz CT molecular complexity index is 301. The molecule has 1 rings (SSSR count). The van der Waals surface area contributed by atoms with Crippen LogP contribution < -0.4 is 10.1 Å². The lowest BCUT2D eigenvalue weighted by Crippen LogP contribution is -2.11. The molecule has 0 aromatic carbocycles. The summed E-state index contributed by atoms with van der Waals surface area (Å²) in [5, 5.41) is 3.01. The number of aromatic nitrogens is 2. The van der Waals surface area contributed by atoms with Gasteiger partial charge in [0.15, 0.2) is 0 Å². The Balaban J connectivity index is 2.18. The number of rotatable bonds is 8. The van der Waals surface area contributed by atoms with Crippen molar-refractivity contribution >= 4 is 0 Å². The average Bonchev–Trinajstić information content (AvgIpc) is 2.31. The Morgan fingerprint density at radius 2 is 2.06 bits per heavy atom. The van der Waals surface area contributed by atoms with Crippen LogP contribution in [0.2, 0.25) is 0 Å². The van der Waals surface area contributed by atoms with Gasteiger partial charge in [-0.1, -0.05) is 13.8 Å². The van der Waals surface area contributed by atoms with Gasteiger partial charge < -0.3 is 14.8 Å². The molecule has 0 amide bonds. The minimum absolute atomic E-state index is 0.507. The first-order valence-electron chi connectivity index (χ1n) is 5.88. The van der Waals surface area contributed by atoms with Gasteiger partial charge in [-0.15, -0.1) is 0 Å². The molecule has 96 valence electrons. The lowest BCUT2D eigenvalue weighted by atomic mass is 10.2. The Morgan fingerprint density at radius 3 is 2.65 bits per heavy atom. The third-order valence-corrected chi connectivity index (χ3v) is 1.97. The van der Waals surface area contributed by atoms with Gasteiger partial charge in [0.25, 0.3) is 0 Å². The van der Waals surface area contributed by atoms with Crippen LogP contribution in [0.15, 0.2) is 12.4 Å². The van der Waals surface area contributed by atoms with E-state index in [4.69, 9.17) is 9.47 Å². The Hall–Kier alpha value is -1.20. The molecule has 0 saturated heterocycles. The molecule has 17 heavy (non-hydrogen) atoms. The molecule has 1 aromatic heterocycles. The SMILES string of the molecule is CNCc1cnc(OCCOCC(C)C)cn1. The van der Waals surface area contributed by atoms with Crippen LogP contribution in [0.1, 0.15) is 19.5 Å². The minimum atomic E-state index is 0.507. The number of nitrogens with zero attached hydrogens (tertiary/aromatic N) is 2. The van der Waals surface area contributed by atoms with E-state index in [2.05, 4.69) is 29.1 Å². The third kappa shape index (κ3) is 6.19. The maximum Gasteiger partial charge on any atom is 0.232 e. The second-order valence-corrected chi connectivity index (χ2v) is 4.19. The van der Waals surface area contributed by atoms with Crippen LogP contribution in [-0.4, -0.2) is 36.8 Å². The molecule has 5 heteroatoms. The maximum absolute atomic E-state index is 5.40. The molecule has 0 saturated carbocycles. The zero-order valence-electron chi connectivity index (χ0n) is 10.8. The summed E-state index contributed by atoms with van der Waals surface area (Å²) < 4.78 is 10.8. The van der Waals surface area contributed by atoms with Crippen molar-refractivity contribution in [3.8, 4) is 5.88 Å². The summed E-state index contributed by atoms with van der Waals surface area (Å²) in [6.07, 6.45) is 3.34. The zero-order valence-corrected chi connectivity index (χ0v) is 10.8. The summed E-state index contributed by atoms with van der Waals surface area (Å²) >= 11 is 0. The average molecular weight is 239 g/mol. The van der Waals surface area contributed by atoms with Gasteiger partial charge in [-0.05, 0) is 13.0 Å². The van der Waals surface area contributed by atoms with Crippen LogP contribution in [0.3, 0.4) is 0 Å². The first-order chi connectivity index (χ1) is 8.22. The van der Waals surface area contributed by atoms with E-state index in [0.29, 0.717) is 31.6 Å². The summed E-state index contributed by atoms with van der Waals surface area (Å²) in [5.74, 6) is 1.09. The normalized spacial score (nSPS) is 10.8. The van der Waals surface area contributed by atoms with Gasteiger partial charge in [0.2, 0.25) is 5.88 Å². The van der Waals surface area contributed by atoms with Crippen molar-refractivity contribution in [1.82, 2.24) is 15.3 Å². The molecule has 1 heterocycles. The van der Waals surface area contributed by atoms with Crippen LogP contribution in [0, 0.1) is 5.92 Å². The quantitative estimate of drug-likeness (QED) is 0.692. The first-order valence-corrected chi connectivity index (χ1v) is 5.88. The fourth-order valence-electron chi connectivity index (χ4n) is 1.21. The Morgan fingerprint density at radius 1 is 1.24 bits per heavy atom. The first kappa shape index (κ1) is 13.9. The molecule has 0 aliphatic rings. The zero-order chi connectivity index (χ0) is 12.5. The van der Waals surface area contributed by atoms with Crippen molar-refractivity contribution in [3.63, 3.8) is 0 Å². The highest BCUT2D eigenvalue weighted by Gasteiger charge is 1.98. The van der Waals surface area contributed by atoms with Crippen LogP contribution in [0.5, 0.6) is 5.88 Å². The highest BCUT2D eigenvalue weighted by Crippen LogP contribution is 2.03. The van der Waals surface area contributed by atoms with Gasteiger partial charge in [-0.25, -0.2) is 4.98 Å². The van der Waals surface area contributed by atoms with Crippen LogP contribution in [-0.2, 0) is 11.3 Å². The molecular formula is C12H21N3O2. The van der Waals surface area contributed by atoms with Gasteiger partial charge >= 0.3 is 0 Å². The monoisotopic (exact) mass is 239 g/mol. The lowest BCUT2D eigenvalue weighted by molar-refractivity contribution is 0.0805. The standard InChI is InChI=1S/C12H21N3O2/c1-10(2)9-16-4-5-17-12-8-14-11(6-13-3)7-15-12/h7-8,10,13H,4-6,9H2,1-3H3. The smallest absolute Gasteiger partial charge is 0.232 e. The van der Waals surface area contributed by atoms with E-state index in [0.717, 1.165) is 12.3 Å². The third-order valence-electron chi connectivity index (χ3n) is 1.97. The fraction of sp³-hybridized carbons (Fsp3) is 0.667. The van der Waals surface area contributed by atoms with E-state index in [9.17, 15) is 0 Å². The number of ether oxygens (including phenoxy) is 2. The molecule has 0 bridgehead atoms. The largest absolute Gasteiger partial charge is 0.474 e. The molecule has 0 atom stereocenters. The van der Waals surface area contributed by atoms with Crippen molar-refractivity contribution in [3.05, 3.63) is 18.1 Å². The van der Waals surface area contributed by atoms with E-state index in [1.807, 2.05) is 7.05 Å². The Kier molecular flexibility index (Phi) is 6.50. The topological polar surface area (TPSA) is 56.3 Å². The molecule has 1 N–H and O–H groups in total. The van der Waals surface area contributed by atoms with Crippen LogP contribution in [0.25, 0.3) is 0 Å². The summed E-state index contributed by atoms with van der Waals surface area (Å²) in [4.78, 5) is 8.35. The van der Waals surface area contributed by atoms with Crippen LogP contribution >= 0.6 is 0 Å². The molecular weight excluding hydrogens is 218 g/mol. The summed E-state index contributed by atoms with van der Waals surface area (Å²) in [7, 11) is 1.87. The van der Waals surface area contributed by atoms with Gasteiger partial charge in [0.05, 0.1) is 24.7 Å². The van der Waals surface area contributed by atoms with Gasteiger partial charge in [0, 0.05) is 13.2 Å². The van der Waals surface area contributed by atoms with E-state index in [1.54, 1.807) is 12.4 Å².